The summed E-state index contributed by atoms with van der Waals surface area (Å²) in [6.07, 6.45) is 1.16. The van der Waals surface area contributed by atoms with Gasteiger partial charge < -0.3 is 14.8 Å². The maximum absolute atomic E-state index is 10.2. The summed E-state index contributed by atoms with van der Waals surface area (Å²) in [6, 6.07) is 14.1. The van der Waals surface area contributed by atoms with Crippen LogP contribution >= 0.6 is 0 Å². The van der Waals surface area contributed by atoms with Crippen LogP contribution in [0.5, 0.6) is 0 Å². The molecule has 0 saturated heterocycles. The lowest BCUT2D eigenvalue weighted by molar-refractivity contribution is 0.132. The summed E-state index contributed by atoms with van der Waals surface area (Å²) in [7, 11) is 0. The van der Waals surface area contributed by atoms with Crippen molar-refractivity contribution in [2.45, 2.75) is 45.4 Å². The predicted molar refractivity (Wildman–Crippen MR) is 80.5 cm³/mol. The van der Waals surface area contributed by atoms with Crippen molar-refractivity contribution in [3.05, 3.63) is 59.5 Å². The van der Waals surface area contributed by atoms with Crippen LogP contribution in [0.3, 0.4) is 0 Å². The second kappa shape index (κ2) is 7.27. The number of aliphatic hydroxyl groups excluding tert-OH is 1. The number of benzene rings is 1. The van der Waals surface area contributed by atoms with E-state index in [0.717, 1.165) is 23.5 Å². The summed E-state index contributed by atoms with van der Waals surface area (Å²) in [5.74, 6) is 1.92. The highest BCUT2D eigenvalue weighted by atomic mass is 16.3. The molecule has 0 aliphatic rings. The van der Waals surface area contributed by atoms with Gasteiger partial charge in [0.25, 0.3) is 0 Å². The Balaban J connectivity index is 1.80. The van der Waals surface area contributed by atoms with Crippen LogP contribution in [0.4, 0.5) is 0 Å². The number of hydrogen-bond acceptors (Lipinski definition) is 3. The molecule has 3 nitrogen and oxygen atoms in total. The Labute approximate surface area is 120 Å². The fourth-order valence-electron chi connectivity index (χ4n) is 2.14. The first kappa shape index (κ1) is 14.8. The van der Waals surface area contributed by atoms with E-state index in [2.05, 4.69) is 12.2 Å². The highest BCUT2D eigenvalue weighted by molar-refractivity contribution is 5.16. The monoisotopic (exact) mass is 273 g/mol. The van der Waals surface area contributed by atoms with E-state index in [1.54, 1.807) is 0 Å². The van der Waals surface area contributed by atoms with Gasteiger partial charge in [-0.25, -0.2) is 0 Å². The molecule has 3 heteroatoms. The number of rotatable bonds is 7. The average Bonchev–Trinajstić information content (AvgIpc) is 2.93. The van der Waals surface area contributed by atoms with Gasteiger partial charge in [0.15, 0.2) is 0 Å². The fourth-order valence-corrected chi connectivity index (χ4v) is 2.14. The average molecular weight is 273 g/mol. The topological polar surface area (TPSA) is 45.4 Å². The zero-order valence-corrected chi connectivity index (χ0v) is 12.2. The van der Waals surface area contributed by atoms with Crippen LogP contribution in [0.1, 0.15) is 30.9 Å². The molecule has 0 saturated carbocycles. The summed E-state index contributed by atoms with van der Waals surface area (Å²) < 4.78 is 5.64. The van der Waals surface area contributed by atoms with Gasteiger partial charge in [0.2, 0.25) is 0 Å². The lowest BCUT2D eigenvalue weighted by Gasteiger charge is -2.20. The van der Waals surface area contributed by atoms with E-state index in [9.17, 15) is 5.11 Å². The number of furan rings is 1. The van der Waals surface area contributed by atoms with Crippen molar-refractivity contribution < 1.29 is 9.52 Å². The maximum atomic E-state index is 10.2. The summed E-state index contributed by atoms with van der Waals surface area (Å²) in [4.78, 5) is 0. The summed E-state index contributed by atoms with van der Waals surface area (Å²) in [5.41, 5.74) is 1.15. The van der Waals surface area contributed by atoms with Gasteiger partial charge in [-0.15, -0.1) is 0 Å². The molecule has 0 spiro atoms. The number of aryl methyl sites for hydroxylation is 1. The molecule has 0 radical (unpaired) electrons. The molecule has 20 heavy (non-hydrogen) atoms. The Hall–Kier alpha value is -1.58. The minimum atomic E-state index is -0.405. The lowest BCUT2D eigenvalue weighted by Crippen LogP contribution is -2.38. The molecule has 2 atom stereocenters. The van der Waals surface area contributed by atoms with Crippen molar-refractivity contribution in [2.24, 2.45) is 0 Å². The van der Waals surface area contributed by atoms with Gasteiger partial charge in [0.05, 0.1) is 12.6 Å². The van der Waals surface area contributed by atoms with Crippen LogP contribution < -0.4 is 5.32 Å². The van der Waals surface area contributed by atoms with E-state index in [1.165, 1.54) is 0 Å². The van der Waals surface area contributed by atoms with Crippen molar-refractivity contribution in [2.75, 3.05) is 0 Å². The molecule has 0 bridgehead atoms. The van der Waals surface area contributed by atoms with Crippen molar-refractivity contribution in [3.8, 4) is 0 Å². The van der Waals surface area contributed by atoms with Gasteiger partial charge >= 0.3 is 0 Å². The molecule has 108 valence electrons. The van der Waals surface area contributed by atoms with Gasteiger partial charge in [-0.05, 0) is 31.0 Å². The fraction of sp³-hybridized carbons (Fsp3) is 0.412. The van der Waals surface area contributed by atoms with Gasteiger partial charge in [-0.2, -0.15) is 0 Å². The first-order valence-electron chi connectivity index (χ1n) is 7.22. The molecule has 0 amide bonds. The predicted octanol–water partition coefficient (Wildman–Crippen LogP) is 2.92. The van der Waals surface area contributed by atoms with E-state index in [-0.39, 0.29) is 6.04 Å². The van der Waals surface area contributed by atoms with Crippen LogP contribution in [-0.4, -0.2) is 17.3 Å². The van der Waals surface area contributed by atoms with Crippen LogP contribution in [0.25, 0.3) is 0 Å². The van der Waals surface area contributed by atoms with Gasteiger partial charge in [-0.3, -0.25) is 0 Å². The quantitative estimate of drug-likeness (QED) is 0.815. The summed E-state index contributed by atoms with van der Waals surface area (Å²) in [6.45, 7) is 4.71. The Morgan fingerprint density at radius 2 is 1.80 bits per heavy atom. The second-order valence-electron chi connectivity index (χ2n) is 5.15. The van der Waals surface area contributed by atoms with Crippen LogP contribution in [0, 0.1) is 0 Å². The van der Waals surface area contributed by atoms with E-state index in [4.69, 9.17) is 4.42 Å². The molecule has 1 aromatic heterocycles. The first-order chi connectivity index (χ1) is 9.69. The Kier molecular flexibility index (Phi) is 5.39. The standard InChI is InChI=1S/C17H23NO2/c1-3-15-9-10-16(20-15)12-18-13(2)17(19)11-14-7-5-4-6-8-14/h4-10,13,17-19H,3,11-12H2,1-2H3. The van der Waals surface area contributed by atoms with Crippen LogP contribution in [-0.2, 0) is 19.4 Å². The molecular formula is C17H23NO2. The minimum Gasteiger partial charge on any atom is -0.465 e. The van der Waals surface area contributed by atoms with Gasteiger partial charge in [0.1, 0.15) is 11.5 Å². The third kappa shape index (κ3) is 4.22. The number of nitrogens with one attached hydrogen (secondary N) is 1. The molecule has 2 unspecified atom stereocenters. The van der Waals surface area contributed by atoms with Gasteiger partial charge in [-0.1, -0.05) is 37.3 Å². The van der Waals surface area contributed by atoms with Crippen molar-refractivity contribution >= 4 is 0 Å². The normalized spacial score (nSPS) is 14.2. The Morgan fingerprint density at radius 1 is 1.10 bits per heavy atom. The van der Waals surface area contributed by atoms with Crippen LogP contribution in [0.2, 0.25) is 0 Å². The second-order valence-corrected chi connectivity index (χ2v) is 5.15. The number of aliphatic hydroxyl groups is 1. The largest absolute Gasteiger partial charge is 0.465 e. The highest BCUT2D eigenvalue weighted by Crippen LogP contribution is 2.10. The molecule has 1 aromatic carbocycles. The molecule has 0 fully saturated rings. The Morgan fingerprint density at radius 3 is 2.45 bits per heavy atom. The molecule has 0 aliphatic heterocycles. The van der Waals surface area contributed by atoms with E-state index in [1.807, 2.05) is 49.4 Å². The van der Waals surface area contributed by atoms with Crippen molar-refractivity contribution in [3.63, 3.8) is 0 Å². The maximum Gasteiger partial charge on any atom is 0.117 e. The minimum absolute atomic E-state index is 0.0189. The summed E-state index contributed by atoms with van der Waals surface area (Å²) >= 11 is 0. The van der Waals surface area contributed by atoms with Crippen LogP contribution in [0.15, 0.2) is 46.9 Å². The molecule has 2 N–H and O–H groups in total. The molecule has 2 rings (SSSR count). The van der Waals surface area contributed by atoms with Gasteiger partial charge in [0, 0.05) is 12.5 Å². The lowest BCUT2D eigenvalue weighted by atomic mass is 10.0. The third-order valence-corrected chi connectivity index (χ3v) is 3.53. The first-order valence-corrected chi connectivity index (χ1v) is 7.22. The van der Waals surface area contributed by atoms with E-state index < -0.39 is 6.10 Å². The molecule has 1 heterocycles. The molecule has 0 aliphatic carbocycles. The van der Waals surface area contributed by atoms with Crippen molar-refractivity contribution in [1.82, 2.24) is 5.32 Å². The molecular weight excluding hydrogens is 250 g/mol. The molecule has 2 aromatic rings. The smallest absolute Gasteiger partial charge is 0.117 e. The third-order valence-electron chi connectivity index (χ3n) is 3.53. The van der Waals surface area contributed by atoms with E-state index in [0.29, 0.717) is 13.0 Å². The zero-order valence-electron chi connectivity index (χ0n) is 12.2. The zero-order chi connectivity index (χ0) is 14.4. The van der Waals surface area contributed by atoms with E-state index >= 15 is 0 Å². The Bertz CT molecular complexity index is 507. The SMILES string of the molecule is CCc1ccc(CNC(C)C(O)Cc2ccccc2)o1. The van der Waals surface area contributed by atoms with Crippen molar-refractivity contribution in [1.29, 1.82) is 0 Å². The number of hydrogen-bond donors (Lipinski definition) is 2. The highest BCUT2D eigenvalue weighted by Gasteiger charge is 2.14. The summed E-state index contributed by atoms with van der Waals surface area (Å²) in [5, 5.41) is 13.5.